The highest BCUT2D eigenvalue weighted by Gasteiger charge is 2.30. The van der Waals surface area contributed by atoms with Gasteiger partial charge >= 0.3 is 5.97 Å². The fourth-order valence-corrected chi connectivity index (χ4v) is 9.67. The summed E-state index contributed by atoms with van der Waals surface area (Å²) in [6.07, 6.45) is 20.4. The monoisotopic (exact) mass is 1150 g/mol. The highest BCUT2D eigenvalue weighted by Crippen LogP contribution is 2.38. The molecule has 82 heavy (non-hydrogen) atoms. The van der Waals surface area contributed by atoms with E-state index >= 15 is 0 Å². The number of halogens is 1. The van der Waals surface area contributed by atoms with Crippen LogP contribution in [0.5, 0.6) is 17.2 Å². The number of aromatic carboxylic acids is 1. The number of hydrogen-bond acceptors (Lipinski definition) is 8. The smallest absolute Gasteiger partial charge is 0.354 e. The zero-order valence-corrected chi connectivity index (χ0v) is 49.0. The summed E-state index contributed by atoms with van der Waals surface area (Å²) < 4.78 is 11.8. The molecule has 10 aromatic rings. The van der Waals surface area contributed by atoms with Crippen molar-refractivity contribution in [3.8, 4) is 68.2 Å². The molecule has 5 aromatic carbocycles. The van der Waals surface area contributed by atoms with Crippen molar-refractivity contribution in [1.29, 1.82) is 0 Å². The van der Waals surface area contributed by atoms with E-state index in [9.17, 15) is 9.90 Å². The first-order chi connectivity index (χ1) is 39.7. The van der Waals surface area contributed by atoms with E-state index in [1.807, 2.05) is 103 Å². The lowest BCUT2D eigenvalue weighted by Gasteiger charge is -2.22. The summed E-state index contributed by atoms with van der Waals surface area (Å²) >= 11 is 3.56. The average Bonchev–Trinajstić information content (AvgIpc) is 4.26. The maximum Gasteiger partial charge on any atom is 0.354 e. The number of imidazole rings is 2. The predicted octanol–water partition coefficient (Wildman–Crippen LogP) is 18.0. The third-order valence-electron chi connectivity index (χ3n) is 13.3. The van der Waals surface area contributed by atoms with Gasteiger partial charge in [0.15, 0.2) is 5.70 Å². The Balaban J connectivity index is 0.000000163. The summed E-state index contributed by atoms with van der Waals surface area (Å²) in [5, 5.41) is 17.6. The van der Waals surface area contributed by atoms with Gasteiger partial charge in [-0.3, -0.25) is 19.1 Å². The van der Waals surface area contributed by atoms with Crippen molar-refractivity contribution in [2.24, 2.45) is 11.8 Å². The van der Waals surface area contributed by atoms with Crippen LogP contribution < -0.4 is 4.74 Å². The summed E-state index contributed by atoms with van der Waals surface area (Å²) in [5.74, 6) is 4.32. The van der Waals surface area contributed by atoms with Crippen LogP contribution in [0.1, 0.15) is 88.8 Å². The molecule has 12 heteroatoms. The molecule has 1 aliphatic rings. The Morgan fingerprint density at radius 3 is 1.54 bits per heavy atom. The van der Waals surface area contributed by atoms with E-state index in [2.05, 4.69) is 173 Å². The van der Waals surface area contributed by atoms with Gasteiger partial charge in [-0.1, -0.05) is 129 Å². The second-order valence-electron chi connectivity index (χ2n) is 20.5. The Morgan fingerprint density at radius 1 is 0.512 bits per heavy atom. The normalized spacial score (nSPS) is 11.7. The third-order valence-corrected chi connectivity index (χ3v) is 13.8. The summed E-state index contributed by atoms with van der Waals surface area (Å²) in [7, 11) is 0. The van der Waals surface area contributed by atoms with E-state index in [0.717, 1.165) is 61.3 Å². The van der Waals surface area contributed by atoms with Crippen LogP contribution in [0.4, 0.5) is 0 Å². The van der Waals surface area contributed by atoms with E-state index in [1.165, 1.54) is 45.9 Å². The van der Waals surface area contributed by atoms with Gasteiger partial charge in [-0.2, -0.15) is 0 Å². The van der Waals surface area contributed by atoms with Gasteiger partial charge in [0, 0.05) is 88.0 Å². The van der Waals surface area contributed by atoms with E-state index in [4.69, 9.17) is 14.8 Å². The zero-order valence-electron chi connectivity index (χ0n) is 47.4. The maximum absolute atomic E-state index is 10.1. The fraction of sp³-hybridized carbons (Fsp3) is 0.171. The average molecular weight is 1150 g/mol. The van der Waals surface area contributed by atoms with E-state index in [1.54, 1.807) is 42.7 Å². The standard InChI is InChI=1S/C32H31N3O.C21H22BrN2.C11H9NO.C6H5NO2/c1-22(2)28-14-9-15-29(23(3)4)31(28)35-19-18-34-32(35)25-11-8-13-27(21-25)36-26-12-7-10-24(20-26)30-16-5-6-17-33-30;1-14(2)18-9-6-10-19(15(3)4)20(18)24-12-11-23-21(24)16-7-5-8-17(22)13-16;13-10-5-3-4-9(8-10)11-6-1-2-7-12-11;8-6(9)5-3-1-2-4-7-5/h5-23H,1-4H3;5,7-15H,1-4H3;1-8,13H;1-4H,(H,8,9)/q;+1;;. The van der Waals surface area contributed by atoms with Gasteiger partial charge in [0.25, 0.3) is 0 Å². The Bertz CT molecular complexity index is 3780. The van der Waals surface area contributed by atoms with Gasteiger partial charge in [0.05, 0.1) is 28.2 Å². The van der Waals surface area contributed by atoms with Crippen LogP contribution in [-0.4, -0.2) is 50.2 Å². The lowest BCUT2D eigenvalue weighted by molar-refractivity contribution is 0.0690. The number of pyridine rings is 3. The van der Waals surface area contributed by atoms with E-state index < -0.39 is 5.97 Å². The molecule has 0 saturated heterocycles. The molecule has 0 unspecified atom stereocenters. The van der Waals surface area contributed by atoms with E-state index in [0.29, 0.717) is 23.7 Å². The van der Waals surface area contributed by atoms with Crippen molar-refractivity contribution in [2.45, 2.75) is 67.2 Å². The number of phenols is 1. The molecule has 0 aliphatic heterocycles. The summed E-state index contributed by atoms with van der Waals surface area (Å²) in [5.41, 5.74) is 13.6. The van der Waals surface area contributed by atoms with Crippen LogP contribution >= 0.6 is 15.9 Å². The molecule has 0 amide bonds. The molecule has 0 spiro atoms. The largest absolute Gasteiger partial charge is 0.508 e. The minimum absolute atomic E-state index is 0.0810. The SMILES string of the molecule is CC(C)C1=C[C+]=CC(C(C)C)=C1n1ccnc1-c1cccc(Br)c1.CC(C)c1cccc(C(C)C)c1-n1ccnc1-c1cccc(Oc2cccc(-c3ccccn3)c2)c1.O=C(O)c1ccccn1.Oc1cccc(-c2ccccn2)c1. The molecule has 0 saturated carbocycles. The minimum atomic E-state index is -0.990. The second-order valence-corrected chi connectivity index (χ2v) is 21.4. The number of carboxylic acid groups (broad SMARTS) is 1. The van der Waals surface area contributed by atoms with Crippen molar-refractivity contribution in [3.05, 3.63) is 264 Å². The van der Waals surface area contributed by atoms with Crippen LogP contribution in [-0.2, 0) is 0 Å². The highest BCUT2D eigenvalue weighted by molar-refractivity contribution is 9.10. The molecule has 11 nitrogen and oxygen atoms in total. The van der Waals surface area contributed by atoms with Gasteiger partial charge in [-0.05, 0) is 136 Å². The van der Waals surface area contributed by atoms with Crippen molar-refractivity contribution in [2.75, 3.05) is 0 Å². The summed E-state index contributed by atoms with van der Waals surface area (Å²) in [6, 6.07) is 54.5. The van der Waals surface area contributed by atoms with E-state index in [-0.39, 0.29) is 11.4 Å². The van der Waals surface area contributed by atoms with Gasteiger partial charge in [-0.15, -0.1) is 0 Å². The number of aromatic nitrogens is 7. The number of ether oxygens (including phenoxy) is 1. The van der Waals surface area contributed by atoms with Crippen LogP contribution in [0.15, 0.2) is 241 Å². The van der Waals surface area contributed by atoms with Crippen LogP contribution in [0.2, 0.25) is 0 Å². The molecular formula is C70H67BrN7O4+. The lowest BCUT2D eigenvalue weighted by atomic mass is 9.88. The van der Waals surface area contributed by atoms with Crippen LogP contribution in [0, 0.1) is 17.9 Å². The number of para-hydroxylation sites is 1. The van der Waals surface area contributed by atoms with Crippen molar-refractivity contribution in [3.63, 3.8) is 0 Å². The number of hydrogen-bond donors (Lipinski definition) is 2. The maximum atomic E-state index is 10.1. The molecule has 2 N–H and O–H groups in total. The fourth-order valence-electron chi connectivity index (χ4n) is 9.27. The number of carboxylic acids is 1. The molecule has 0 radical (unpaired) electrons. The molecular weight excluding hydrogens is 1080 g/mol. The van der Waals surface area contributed by atoms with Crippen molar-refractivity contribution < 1.29 is 19.7 Å². The molecule has 0 bridgehead atoms. The number of rotatable bonds is 13. The molecule has 11 rings (SSSR count). The molecule has 5 heterocycles. The number of nitrogens with zero attached hydrogens (tertiary/aromatic N) is 7. The number of benzene rings is 5. The first-order valence-electron chi connectivity index (χ1n) is 27.3. The first-order valence-corrected chi connectivity index (χ1v) is 28.1. The lowest BCUT2D eigenvalue weighted by Crippen LogP contribution is -2.12. The third kappa shape index (κ3) is 15.1. The quantitative estimate of drug-likeness (QED) is 0.108. The topological polar surface area (TPSA) is 141 Å². The minimum Gasteiger partial charge on any atom is -0.508 e. The number of aromatic hydroxyl groups is 1. The summed E-state index contributed by atoms with van der Waals surface area (Å²) in [4.78, 5) is 31.8. The van der Waals surface area contributed by atoms with Gasteiger partial charge in [0.2, 0.25) is 0 Å². The predicted molar refractivity (Wildman–Crippen MR) is 334 cm³/mol. The number of allylic oxidation sites excluding steroid dienone is 6. The Kier molecular flexibility index (Phi) is 20.2. The van der Waals surface area contributed by atoms with Crippen molar-refractivity contribution in [1.82, 2.24) is 34.1 Å². The highest BCUT2D eigenvalue weighted by atomic mass is 79.9. The molecule has 0 fully saturated rings. The van der Waals surface area contributed by atoms with Crippen LogP contribution in [0.3, 0.4) is 0 Å². The summed E-state index contributed by atoms with van der Waals surface area (Å²) in [6.45, 7) is 17.9. The number of phenolic OH excluding ortho intramolecular Hbond substituents is 1. The first kappa shape index (κ1) is 58.8. The zero-order chi connectivity index (χ0) is 58.1. The Hall–Kier alpha value is -9.35. The Morgan fingerprint density at radius 2 is 1.02 bits per heavy atom. The molecule has 0 atom stereocenters. The van der Waals surface area contributed by atoms with Crippen molar-refractivity contribution >= 4 is 27.6 Å². The molecule has 1 aliphatic carbocycles. The van der Waals surface area contributed by atoms with Crippen LogP contribution in [0.25, 0.3) is 56.7 Å². The molecule has 5 aromatic heterocycles. The Labute approximate surface area is 489 Å². The van der Waals surface area contributed by atoms with Gasteiger partial charge < -0.3 is 14.9 Å². The van der Waals surface area contributed by atoms with Gasteiger partial charge in [0.1, 0.15) is 46.7 Å². The molecule has 412 valence electrons. The van der Waals surface area contributed by atoms with Gasteiger partial charge in [-0.25, -0.2) is 19.7 Å². The number of carbonyl (C=O) groups is 1. The second kappa shape index (κ2) is 28.2.